The van der Waals surface area contributed by atoms with Gasteiger partial charge in [-0.05, 0) is 79.1 Å². The number of rotatable bonds is 15. The number of unbranched alkanes of at least 4 members (excludes halogenated alkanes) is 8. The lowest BCUT2D eigenvalue weighted by Gasteiger charge is -2.27. The number of benzene rings is 2. The predicted molar refractivity (Wildman–Crippen MR) is 140 cm³/mol. The average Bonchev–Trinajstić information content (AvgIpc) is 2.83. The molecule has 1 unspecified atom stereocenters. The van der Waals surface area contributed by atoms with E-state index in [0.29, 0.717) is 0 Å². The minimum Gasteiger partial charge on any atom is -0.387 e. The van der Waals surface area contributed by atoms with Crippen molar-refractivity contribution in [3.05, 3.63) is 47.0 Å². The Morgan fingerprint density at radius 1 is 0.781 bits per heavy atom. The van der Waals surface area contributed by atoms with E-state index in [1.165, 1.54) is 112 Å². The SMILES string of the molecule is CCCCCCCN(CCCCCCC)CC(O)c1cc2c(c3ccccc13)CCCC2. The van der Waals surface area contributed by atoms with Gasteiger partial charge in [-0.25, -0.2) is 0 Å². The van der Waals surface area contributed by atoms with Crippen LogP contribution in [0.2, 0.25) is 0 Å². The van der Waals surface area contributed by atoms with Gasteiger partial charge in [-0.1, -0.05) is 95.5 Å². The lowest BCUT2D eigenvalue weighted by molar-refractivity contribution is 0.111. The molecule has 32 heavy (non-hydrogen) atoms. The van der Waals surface area contributed by atoms with E-state index < -0.39 is 6.10 Å². The van der Waals surface area contributed by atoms with Crippen LogP contribution in [0.25, 0.3) is 10.8 Å². The van der Waals surface area contributed by atoms with Gasteiger partial charge in [-0.3, -0.25) is 0 Å². The number of fused-ring (bicyclic) bond motifs is 3. The van der Waals surface area contributed by atoms with Crippen LogP contribution in [0.1, 0.15) is 114 Å². The Bertz CT molecular complexity index is 785. The van der Waals surface area contributed by atoms with Crippen LogP contribution in [0.15, 0.2) is 30.3 Å². The molecular formula is C30H47NO. The number of hydrogen-bond donors (Lipinski definition) is 1. The van der Waals surface area contributed by atoms with Crippen molar-refractivity contribution in [1.29, 1.82) is 0 Å². The van der Waals surface area contributed by atoms with E-state index in [1.807, 2.05) is 0 Å². The standard InChI is InChI=1S/C30H47NO/c1-3-5-7-9-15-21-31(22-16-10-8-6-4-2)24-30(32)29-23-25-17-11-12-18-26(25)27-19-13-14-20-28(27)29/h13-14,19-20,23,30,32H,3-12,15-18,21-22,24H2,1-2H3. The second kappa shape index (κ2) is 14.0. The first kappa shape index (κ1) is 25.2. The zero-order chi connectivity index (χ0) is 22.6. The summed E-state index contributed by atoms with van der Waals surface area (Å²) in [6, 6.07) is 11.1. The van der Waals surface area contributed by atoms with Gasteiger partial charge in [0, 0.05) is 6.54 Å². The summed E-state index contributed by atoms with van der Waals surface area (Å²) >= 11 is 0. The quantitative estimate of drug-likeness (QED) is 0.285. The summed E-state index contributed by atoms with van der Waals surface area (Å²) in [6.07, 6.45) is 17.7. The van der Waals surface area contributed by atoms with Crippen molar-refractivity contribution < 1.29 is 5.11 Å². The van der Waals surface area contributed by atoms with Crippen LogP contribution >= 0.6 is 0 Å². The van der Waals surface area contributed by atoms with Crippen molar-refractivity contribution in [2.24, 2.45) is 0 Å². The fourth-order valence-corrected chi connectivity index (χ4v) is 5.45. The molecule has 0 saturated heterocycles. The minimum absolute atomic E-state index is 0.404. The number of aryl methyl sites for hydroxylation is 2. The van der Waals surface area contributed by atoms with E-state index in [9.17, 15) is 5.11 Å². The van der Waals surface area contributed by atoms with Crippen molar-refractivity contribution in [2.45, 2.75) is 110 Å². The first-order valence-electron chi connectivity index (χ1n) is 13.7. The summed E-state index contributed by atoms with van der Waals surface area (Å²) in [5.41, 5.74) is 4.17. The lowest BCUT2D eigenvalue weighted by Crippen LogP contribution is -2.31. The molecule has 2 heteroatoms. The van der Waals surface area contributed by atoms with Crippen molar-refractivity contribution in [2.75, 3.05) is 19.6 Å². The lowest BCUT2D eigenvalue weighted by atomic mass is 9.84. The van der Waals surface area contributed by atoms with Gasteiger partial charge >= 0.3 is 0 Å². The van der Waals surface area contributed by atoms with Crippen LogP contribution in [0.4, 0.5) is 0 Å². The Kier molecular flexibility index (Phi) is 11.1. The molecular weight excluding hydrogens is 390 g/mol. The van der Waals surface area contributed by atoms with E-state index in [4.69, 9.17) is 0 Å². The Morgan fingerprint density at radius 3 is 2.03 bits per heavy atom. The summed E-state index contributed by atoms with van der Waals surface area (Å²) < 4.78 is 0. The van der Waals surface area contributed by atoms with Gasteiger partial charge in [-0.15, -0.1) is 0 Å². The summed E-state index contributed by atoms with van der Waals surface area (Å²) in [7, 11) is 0. The molecule has 0 fully saturated rings. The maximum Gasteiger partial charge on any atom is 0.0923 e. The van der Waals surface area contributed by atoms with Gasteiger partial charge < -0.3 is 10.0 Å². The molecule has 0 aliphatic heterocycles. The topological polar surface area (TPSA) is 23.5 Å². The number of nitrogens with zero attached hydrogens (tertiary/aromatic N) is 1. The highest BCUT2D eigenvalue weighted by Crippen LogP contribution is 2.34. The molecule has 1 aliphatic carbocycles. The third-order valence-electron chi connectivity index (χ3n) is 7.35. The van der Waals surface area contributed by atoms with Crippen LogP contribution in [0.5, 0.6) is 0 Å². The third kappa shape index (κ3) is 7.32. The van der Waals surface area contributed by atoms with Crippen molar-refractivity contribution >= 4 is 10.8 Å². The molecule has 1 atom stereocenters. The molecule has 0 heterocycles. The van der Waals surface area contributed by atoms with Crippen LogP contribution < -0.4 is 0 Å². The fourth-order valence-electron chi connectivity index (χ4n) is 5.45. The van der Waals surface area contributed by atoms with Gasteiger partial charge in [0.05, 0.1) is 6.10 Å². The highest BCUT2D eigenvalue weighted by Gasteiger charge is 2.20. The fraction of sp³-hybridized carbons (Fsp3) is 0.667. The van der Waals surface area contributed by atoms with Crippen LogP contribution in [-0.4, -0.2) is 29.6 Å². The molecule has 1 N–H and O–H groups in total. The highest BCUT2D eigenvalue weighted by molar-refractivity contribution is 5.90. The Labute approximate surface area is 197 Å². The minimum atomic E-state index is -0.404. The molecule has 0 radical (unpaired) electrons. The number of hydrogen-bond acceptors (Lipinski definition) is 2. The van der Waals surface area contributed by atoms with Crippen molar-refractivity contribution in [3.63, 3.8) is 0 Å². The Hall–Kier alpha value is -1.38. The molecule has 178 valence electrons. The number of aliphatic hydroxyl groups excluding tert-OH is 1. The number of aliphatic hydroxyl groups is 1. The smallest absolute Gasteiger partial charge is 0.0923 e. The molecule has 0 amide bonds. The molecule has 0 aromatic heterocycles. The molecule has 3 rings (SSSR count). The van der Waals surface area contributed by atoms with E-state index in [-0.39, 0.29) is 0 Å². The van der Waals surface area contributed by atoms with Gasteiger partial charge in [0.2, 0.25) is 0 Å². The second-order valence-electron chi connectivity index (χ2n) is 10.0. The average molecular weight is 438 g/mol. The summed E-state index contributed by atoms with van der Waals surface area (Å²) in [4.78, 5) is 2.55. The van der Waals surface area contributed by atoms with Gasteiger partial charge in [0.1, 0.15) is 0 Å². The molecule has 2 aromatic rings. The second-order valence-corrected chi connectivity index (χ2v) is 10.0. The largest absolute Gasteiger partial charge is 0.387 e. The molecule has 0 spiro atoms. The molecule has 0 saturated carbocycles. The predicted octanol–water partition coefficient (Wildman–Crippen LogP) is 7.99. The normalized spacial score (nSPS) is 14.8. The maximum atomic E-state index is 11.4. The van der Waals surface area contributed by atoms with E-state index in [1.54, 1.807) is 0 Å². The first-order valence-corrected chi connectivity index (χ1v) is 13.7. The third-order valence-corrected chi connectivity index (χ3v) is 7.35. The molecule has 2 nitrogen and oxygen atoms in total. The first-order chi connectivity index (χ1) is 15.7. The van der Waals surface area contributed by atoms with Gasteiger partial charge in [0.15, 0.2) is 0 Å². The van der Waals surface area contributed by atoms with E-state index in [2.05, 4.69) is 49.1 Å². The van der Waals surface area contributed by atoms with Gasteiger partial charge in [-0.2, -0.15) is 0 Å². The summed E-state index contributed by atoms with van der Waals surface area (Å²) in [5, 5.41) is 14.1. The van der Waals surface area contributed by atoms with Crippen LogP contribution in [0, 0.1) is 0 Å². The monoisotopic (exact) mass is 437 g/mol. The van der Waals surface area contributed by atoms with Crippen molar-refractivity contribution in [1.82, 2.24) is 4.90 Å². The van der Waals surface area contributed by atoms with Crippen molar-refractivity contribution in [3.8, 4) is 0 Å². The molecule has 0 bridgehead atoms. The summed E-state index contributed by atoms with van der Waals surface area (Å²) in [5.74, 6) is 0. The maximum absolute atomic E-state index is 11.4. The molecule has 1 aliphatic rings. The highest BCUT2D eigenvalue weighted by atomic mass is 16.3. The van der Waals surface area contributed by atoms with Crippen LogP contribution in [-0.2, 0) is 12.8 Å². The molecule has 2 aromatic carbocycles. The van der Waals surface area contributed by atoms with E-state index >= 15 is 0 Å². The zero-order valence-electron chi connectivity index (χ0n) is 20.9. The zero-order valence-corrected chi connectivity index (χ0v) is 20.9. The summed E-state index contributed by atoms with van der Waals surface area (Å²) in [6.45, 7) is 7.57. The van der Waals surface area contributed by atoms with E-state index in [0.717, 1.165) is 25.2 Å². The Balaban J connectivity index is 1.69. The van der Waals surface area contributed by atoms with Crippen LogP contribution in [0.3, 0.4) is 0 Å². The Morgan fingerprint density at radius 2 is 1.38 bits per heavy atom. The van der Waals surface area contributed by atoms with Gasteiger partial charge in [0.25, 0.3) is 0 Å².